The van der Waals surface area contributed by atoms with Crippen LogP contribution in [0.4, 0.5) is 0 Å². The molecule has 0 aliphatic heterocycles. The Morgan fingerprint density at radius 1 is 1.05 bits per heavy atom. The summed E-state index contributed by atoms with van der Waals surface area (Å²) in [6.07, 6.45) is 5.50. The third kappa shape index (κ3) is 2.46. The van der Waals surface area contributed by atoms with Crippen molar-refractivity contribution in [3.63, 3.8) is 0 Å². The van der Waals surface area contributed by atoms with E-state index < -0.39 is 0 Å². The zero-order valence-electron chi connectivity index (χ0n) is 11.0. The van der Waals surface area contributed by atoms with Gasteiger partial charge in [-0.25, -0.2) is 0 Å². The Hall–Kier alpha value is -2.46. The van der Waals surface area contributed by atoms with Crippen LogP contribution >= 0.6 is 0 Å². The lowest BCUT2D eigenvalue weighted by Crippen LogP contribution is -2.14. The van der Waals surface area contributed by atoms with Crippen molar-refractivity contribution >= 4 is 0 Å². The summed E-state index contributed by atoms with van der Waals surface area (Å²) in [4.78, 5) is 4.40. The fourth-order valence-electron chi connectivity index (χ4n) is 2.33. The smallest absolute Gasteiger partial charge is 0.0565 e. The number of aromatic nitrogens is 3. The summed E-state index contributed by atoms with van der Waals surface area (Å²) in [7, 11) is 0. The number of nitrogens with two attached hydrogens (primary N) is 1. The molecule has 0 spiro atoms. The van der Waals surface area contributed by atoms with Gasteiger partial charge in [-0.3, -0.25) is 10.1 Å². The average Bonchev–Trinajstić information content (AvgIpc) is 3.04. The predicted molar refractivity (Wildman–Crippen MR) is 79.2 cm³/mol. The maximum Gasteiger partial charge on any atom is 0.0565 e. The fraction of sp³-hybridized carbons (Fsp3) is 0.125. The Balaban J connectivity index is 1.90. The standard InChI is InChI=1S/C16H16N4/c17-9-15(16-3-1-2-8-18-16)13-6-4-12(5-7-13)14-10-19-20-11-14/h1-8,10-11,15H,9,17H2,(H,19,20). The fourth-order valence-corrected chi connectivity index (χ4v) is 2.33. The number of rotatable bonds is 4. The molecule has 0 saturated carbocycles. The molecule has 2 heterocycles. The third-order valence-electron chi connectivity index (χ3n) is 3.43. The summed E-state index contributed by atoms with van der Waals surface area (Å²) in [5.41, 5.74) is 10.3. The SMILES string of the molecule is NCC(c1ccc(-c2cn[nH]c2)cc1)c1ccccn1. The number of hydrogen-bond donors (Lipinski definition) is 2. The first-order valence-electron chi connectivity index (χ1n) is 6.58. The predicted octanol–water partition coefficient (Wildman–Crippen LogP) is 2.56. The van der Waals surface area contributed by atoms with Gasteiger partial charge in [0.25, 0.3) is 0 Å². The molecule has 3 rings (SSSR count). The highest BCUT2D eigenvalue weighted by atomic mass is 15.1. The van der Waals surface area contributed by atoms with E-state index in [1.165, 1.54) is 5.56 Å². The van der Waals surface area contributed by atoms with Crippen molar-refractivity contribution in [3.05, 3.63) is 72.3 Å². The summed E-state index contributed by atoms with van der Waals surface area (Å²) in [5.74, 6) is 0.134. The zero-order valence-corrected chi connectivity index (χ0v) is 11.0. The number of H-pyrrole nitrogens is 1. The molecule has 4 heteroatoms. The van der Waals surface area contributed by atoms with Gasteiger partial charge in [-0.1, -0.05) is 30.3 Å². The van der Waals surface area contributed by atoms with Crippen LogP contribution in [0.1, 0.15) is 17.2 Å². The Labute approximate surface area is 117 Å². The van der Waals surface area contributed by atoms with Gasteiger partial charge in [0.2, 0.25) is 0 Å². The molecule has 0 fully saturated rings. The monoisotopic (exact) mass is 264 g/mol. The number of nitrogens with one attached hydrogen (secondary N) is 1. The number of nitrogens with zero attached hydrogens (tertiary/aromatic N) is 2. The lowest BCUT2D eigenvalue weighted by molar-refractivity contribution is 0.787. The first kappa shape index (κ1) is 12.6. The molecule has 0 aliphatic rings. The summed E-state index contributed by atoms with van der Waals surface area (Å²) in [6.45, 7) is 0.544. The molecule has 0 radical (unpaired) electrons. The largest absolute Gasteiger partial charge is 0.329 e. The molecule has 3 aromatic rings. The van der Waals surface area contributed by atoms with Gasteiger partial charge in [-0.15, -0.1) is 0 Å². The van der Waals surface area contributed by atoms with Gasteiger partial charge in [0.1, 0.15) is 0 Å². The van der Waals surface area contributed by atoms with Gasteiger partial charge in [-0.05, 0) is 23.3 Å². The first-order chi connectivity index (χ1) is 9.88. The lowest BCUT2D eigenvalue weighted by Gasteiger charge is -2.15. The molecule has 0 bridgehead atoms. The maximum absolute atomic E-state index is 5.91. The Morgan fingerprint density at radius 2 is 1.90 bits per heavy atom. The van der Waals surface area contributed by atoms with E-state index in [-0.39, 0.29) is 5.92 Å². The van der Waals surface area contributed by atoms with E-state index in [0.717, 1.165) is 16.8 Å². The summed E-state index contributed by atoms with van der Waals surface area (Å²) in [5, 5.41) is 6.79. The lowest BCUT2D eigenvalue weighted by atomic mass is 9.94. The van der Waals surface area contributed by atoms with E-state index in [1.54, 1.807) is 6.20 Å². The van der Waals surface area contributed by atoms with Crippen LogP contribution in [0.25, 0.3) is 11.1 Å². The average molecular weight is 264 g/mol. The Bertz CT molecular complexity index is 645. The number of pyridine rings is 1. The molecule has 100 valence electrons. The second kappa shape index (κ2) is 5.67. The highest BCUT2D eigenvalue weighted by Gasteiger charge is 2.13. The minimum atomic E-state index is 0.134. The van der Waals surface area contributed by atoms with Crippen molar-refractivity contribution in [1.29, 1.82) is 0 Å². The van der Waals surface area contributed by atoms with Gasteiger partial charge in [0.15, 0.2) is 0 Å². The highest BCUT2D eigenvalue weighted by Crippen LogP contribution is 2.25. The maximum atomic E-state index is 5.91. The molecular formula is C16H16N4. The van der Waals surface area contributed by atoms with Gasteiger partial charge in [0.05, 0.1) is 6.20 Å². The van der Waals surface area contributed by atoms with Crippen LogP contribution in [0, 0.1) is 0 Å². The van der Waals surface area contributed by atoms with Crippen LogP contribution in [0.2, 0.25) is 0 Å². The van der Waals surface area contributed by atoms with Crippen molar-refractivity contribution in [2.45, 2.75) is 5.92 Å². The van der Waals surface area contributed by atoms with Crippen molar-refractivity contribution in [2.75, 3.05) is 6.54 Å². The quantitative estimate of drug-likeness (QED) is 0.761. The summed E-state index contributed by atoms with van der Waals surface area (Å²) < 4.78 is 0. The van der Waals surface area contributed by atoms with Crippen molar-refractivity contribution in [2.24, 2.45) is 5.73 Å². The molecule has 2 aromatic heterocycles. The topological polar surface area (TPSA) is 67.6 Å². The first-order valence-corrected chi connectivity index (χ1v) is 6.58. The summed E-state index contributed by atoms with van der Waals surface area (Å²) in [6, 6.07) is 14.3. The zero-order chi connectivity index (χ0) is 13.8. The molecule has 1 aromatic carbocycles. The minimum absolute atomic E-state index is 0.134. The third-order valence-corrected chi connectivity index (χ3v) is 3.43. The normalized spacial score (nSPS) is 12.2. The minimum Gasteiger partial charge on any atom is -0.329 e. The molecular weight excluding hydrogens is 248 g/mol. The number of aromatic amines is 1. The number of benzene rings is 1. The highest BCUT2D eigenvalue weighted by molar-refractivity contribution is 5.62. The van der Waals surface area contributed by atoms with Crippen LogP contribution in [-0.2, 0) is 0 Å². The van der Waals surface area contributed by atoms with E-state index in [1.807, 2.05) is 30.6 Å². The summed E-state index contributed by atoms with van der Waals surface area (Å²) >= 11 is 0. The van der Waals surface area contributed by atoms with Crippen LogP contribution in [0.3, 0.4) is 0 Å². The Kier molecular flexibility index (Phi) is 3.56. The van der Waals surface area contributed by atoms with Crippen molar-refractivity contribution < 1.29 is 0 Å². The van der Waals surface area contributed by atoms with Crippen molar-refractivity contribution in [3.8, 4) is 11.1 Å². The van der Waals surface area contributed by atoms with E-state index >= 15 is 0 Å². The van der Waals surface area contributed by atoms with Crippen molar-refractivity contribution in [1.82, 2.24) is 15.2 Å². The molecule has 0 amide bonds. The van der Waals surface area contributed by atoms with E-state index in [4.69, 9.17) is 5.73 Å². The molecule has 0 aliphatic carbocycles. The molecule has 20 heavy (non-hydrogen) atoms. The second-order valence-corrected chi connectivity index (χ2v) is 4.65. The van der Waals surface area contributed by atoms with E-state index in [2.05, 4.69) is 39.4 Å². The van der Waals surface area contributed by atoms with Gasteiger partial charge >= 0.3 is 0 Å². The molecule has 1 atom stereocenters. The molecule has 4 nitrogen and oxygen atoms in total. The van der Waals surface area contributed by atoms with E-state index in [0.29, 0.717) is 6.54 Å². The second-order valence-electron chi connectivity index (χ2n) is 4.65. The van der Waals surface area contributed by atoms with Crippen LogP contribution < -0.4 is 5.73 Å². The van der Waals surface area contributed by atoms with Gasteiger partial charge in [-0.2, -0.15) is 5.10 Å². The molecule has 1 unspecified atom stereocenters. The Morgan fingerprint density at radius 3 is 2.50 bits per heavy atom. The van der Waals surface area contributed by atoms with Gasteiger partial charge < -0.3 is 5.73 Å². The molecule has 0 saturated heterocycles. The van der Waals surface area contributed by atoms with Gasteiger partial charge in [0, 0.05) is 36.1 Å². The van der Waals surface area contributed by atoms with Crippen LogP contribution in [0.15, 0.2) is 61.1 Å². The molecule has 3 N–H and O–H groups in total. The van der Waals surface area contributed by atoms with Crippen LogP contribution in [-0.4, -0.2) is 21.7 Å². The number of hydrogen-bond acceptors (Lipinski definition) is 3. The van der Waals surface area contributed by atoms with E-state index in [9.17, 15) is 0 Å². The van der Waals surface area contributed by atoms with Crippen LogP contribution in [0.5, 0.6) is 0 Å².